The van der Waals surface area contributed by atoms with E-state index in [0.717, 1.165) is 42.2 Å². The van der Waals surface area contributed by atoms with E-state index in [0.29, 0.717) is 11.9 Å². The highest BCUT2D eigenvalue weighted by Gasteiger charge is 2.28. The molecule has 0 spiro atoms. The number of aromatic nitrogens is 4. The third-order valence-corrected chi connectivity index (χ3v) is 5.69. The molecule has 1 aliphatic heterocycles. The van der Waals surface area contributed by atoms with E-state index in [9.17, 15) is 0 Å². The van der Waals surface area contributed by atoms with Gasteiger partial charge >= 0.3 is 0 Å². The largest absolute Gasteiger partial charge is 0.361 e. The molecular weight excluding hydrogens is 350 g/mol. The number of aromatic amines is 1. The minimum atomic E-state index is 0.302. The minimum absolute atomic E-state index is 0.302. The third kappa shape index (κ3) is 2.90. The van der Waals surface area contributed by atoms with Crippen LogP contribution in [-0.2, 0) is 6.54 Å². The van der Waals surface area contributed by atoms with Crippen LogP contribution in [0.25, 0.3) is 22.3 Å². The van der Waals surface area contributed by atoms with Crippen LogP contribution in [-0.4, -0.2) is 31.6 Å². The predicted octanol–water partition coefficient (Wildman–Crippen LogP) is 4.57. The second kappa shape index (κ2) is 6.87. The van der Waals surface area contributed by atoms with Gasteiger partial charge in [0.05, 0.1) is 23.0 Å². The molecule has 0 unspecified atom stereocenters. The average molecular weight is 373 g/mol. The van der Waals surface area contributed by atoms with Gasteiger partial charge in [0.2, 0.25) is 0 Å². The molecule has 1 saturated heterocycles. The van der Waals surface area contributed by atoms with Crippen LogP contribution in [0.1, 0.15) is 41.6 Å². The van der Waals surface area contributed by atoms with E-state index >= 15 is 0 Å². The van der Waals surface area contributed by atoms with Gasteiger partial charge in [0, 0.05) is 29.8 Å². The van der Waals surface area contributed by atoms with Crippen LogP contribution in [0, 0.1) is 13.8 Å². The van der Waals surface area contributed by atoms with Crippen molar-refractivity contribution in [2.45, 2.75) is 39.3 Å². The van der Waals surface area contributed by atoms with Crippen molar-refractivity contribution in [3.8, 4) is 11.4 Å². The van der Waals surface area contributed by atoms with E-state index in [4.69, 9.17) is 9.51 Å². The number of fused-ring (bicyclic) bond motifs is 1. The molecule has 1 aliphatic rings. The standard InChI is InChI=1S/C22H23N5O/c1-14-21(15(2)28-26-14)22-23-10-9-19(25-22)20-8-5-11-27(20)13-16-12-24-18-7-4-3-6-17(16)18/h3-4,6-7,9-10,12,20,24H,5,8,11,13H2,1-2H3/t20-/m0/s1. The highest BCUT2D eigenvalue weighted by molar-refractivity contribution is 5.83. The molecule has 0 amide bonds. The third-order valence-electron chi connectivity index (χ3n) is 5.69. The quantitative estimate of drug-likeness (QED) is 0.567. The van der Waals surface area contributed by atoms with E-state index in [-0.39, 0.29) is 0 Å². The number of hydrogen-bond acceptors (Lipinski definition) is 5. The Morgan fingerprint density at radius 3 is 2.96 bits per heavy atom. The summed E-state index contributed by atoms with van der Waals surface area (Å²) in [5.74, 6) is 1.46. The zero-order chi connectivity index (χ0) is 19.1. The highest BCUT2D eigenvalue weighted by Crippen LogP contribution is 2.34. The Balaban J connectivity index is 1.45. The average Bonchev–Trinajstić information content (AvgIpc) is 3.42. The van der Waals surface area contributed by atoms with Crippen molar-refractivity contribution in [1.82, 2.24) is 25.0 Å². The van der Waals surface area contributed by atoms with Crippen LogP contribution < -0.4 is 0 Å². The molecule has 0 aliphatic carbocycles. The Morgan fingerprint density at radius 2 is 2.11 bits per heavy atom. The Labute approximate surface area is 163 Å². The molecule has 1 aromatic carbocycles. The first-order valence-electron chi connectivity index (χ1n) is 9.76. The monoisotopic (exact) mass is 373 g/mol. The van der Waals surface area contributed by atoms with Crippen LogP contribution in [0.2, 0.25) is 0 Å². The van der Waals surface area contributed by atoms with Gasteiger partial charge in [0.15, 0.2) is 5.82 Å². The lowest BCUT2D eigenvalue weighted by atomic mass is 10.1. The molecule has 28 heavy (non-hydrogen) atoms. The molecule has 4 aromatic rings. The lowest BCUT2D eigenvalue weighted by Gasteiger charge is -2.24. The minimum Gasteiger partial charge on any atom is -0.361 e. The Bertz CT molecular complexity index is 1110. The molecule has 6 nitrogen and oxygen atoms in total. The maximum absolute atomic E-state index is 5.30. The van der Waals surface area contributed by atoms with E-state index in [1.54, 1.807) is 0 Å². The summed E-state index contributed by atoms with van der Waals surface area (Å²) in [5, 5.41) is 5.34. The Morgan fingerprint density at radius 1 is 1.21 bits per heavy atom. The van der Waals surface area contributed by atoms with Crippen molar-refractivity contribution in [2.75, 3.05) is 6.54 Å². The Kier molecular flexibility index (Phi) is 4.20. The number of para-hydroxylation sites is 1. The van der Waals surface area contributed by atoms with Gasteiger partial charge in [-0.05, 0) is 50.9 Å². The molecule has 0 radical (unpaired) electrons. The van der Waals surface area contributed by atoms with E-state index < -0.39 is 0 Å². The fraction of sp³-hybridized carbons (Fsp3) is 0.318. The summed E-state index contributed by atoms with van der Waals surface area (Å²) in [6.07, 6.45) is 6.28. The highest BCUT2D eigenvalue weighted by atomic mass is 16.5. The number of aryl methyl sites for hydroxylation is 2. The summed E-state index contributed by atoms with van der Waals surface area (Å²) in [7, 11) is 0. The van der Waals surface area contributed by atoms with Gasteiger partial charge in [-0.15, -0.1) is 0 Å². The second-order valence-electron chi connectivity index (χ2n) is 7.49. The molecule has 1 N–H and O–H groups in total. The van der Waals surface area contributed by atoms with E-state index in [2.05, 4.69) is 50.5 Å². The van der Waals surface area contributed by atoms with E-state index in [1.165, 1.54) is 22.9 Å². The molecule has 6 heteroatoms. The van der Waals surface area contributed by atoms with Gasteiger partial charge in [-0.2, -0.15) is 0 Å². The topological polar surface area (TPSA) is 70.8 Å². The zero-order valence-electron chi connectivity index (χ0n) is 16.1. The number of nitrogens with one attached hydrogen (secondary N) is 1. The maximum Gasteiger partial charge on any atom is 0.164 e. The van der Waals surface area contributed by atoms with Crippen LogP contribution in [0.3, 0.4) is 0 Å². The van der Waals surface area contributed by atoms with Crippen LogP contribution >= 0.6 is 0 Å². The first-order valence-corrected chi connectivity index (χ1v) is 9.76. The number of hydrogen-bond donors (Lipinski definition) is 1. The fourth-order valence-electron chi connectivity index (χ4n) is 4.31. The van der Waals surface area contributed by atoms with Crippen molar-refractivity contribution < 1.29 is 4.52 Å². The van der Waals surface area contributed by atoms with Gasteiger partial charge in [-0.3, -0.25) is 4.90 Å². The smallest absolute Gasteiger partial charge is 0.164 e. The lowest BCUT2D eigenvalue weighted by Crippen LogP contribution is -2.23. The lowest BCUT2D eigenvalue weighted by molar-refractivity contribution is 0.245. The summed E-state index contributed by atoms with van der Waals surface area (Å²) in [6.45, 7) is 5.83. The van der Waals surface area contributed by atoms with Gasteiger partial charge in [-0.25, -0.2) is 9.97 Å². The number of H-pyrrole nitrogens is 1. The first-order chi connectivity index (χ1) is 13.7. The van der Waals surface area contributed by atoms with Gasteiger partial charge in [0.1, 0.15) is 5.76 Å². The van der Waals surface area contributed by atoms with Crippen molar-refractivity contribution in [2.24, 2.45) is 0 Å². The maximum atomic E-state index is 5.30. The summed E-state index contributed by atoms with van der Waals surface area (Å²) >= 11 is 0. The van der Waals surface area contributed by atoms with Crippen LogP contribution in [0.4, 0.5) is 0 Å². The molecule has 1 atom stereocenters. The van der Waals surface area contributed by atoms with E-state index in [1.807, 2.05) is 26.1 Å². The van der Waals surface area contributed by atoms with Crippen molar-refractivity contribution in [1.29, 1.82) is 0 Å². The summed E-state index contributed by atoms with van der Waals surface area (Å²) in [5.41, 5.74) is 5.33. The molecule has 0 bridgehead atoms. The predicted molar refractivity (Wildman–Crippen MR) is 108 cm³/mol. The van der Waals surface area contributed by atoms with Crippen molar-refractivity contribution >= 4 is 10.9 Å². The number of likely N-dealkylation sites (tertiary alicyclic amines) is 1. The molecule has 5 rings (SSSR count). The van der Waals surface area contributed by atoms with Crippen LogP contribution in [0.15, 0.2) is 47.2 Å². The molecule has 0 saturated carbocycles. The molecule has 142 valence electrons. The van der Waals surface area contributed by atoms with Crippen molar-refractivity contribution in [3.63, 3.8) is 0 Å². The number of benzene rings is 1. The first kappa shape index (κ1) is 17.1. The molecule has 3 aromatic heterocycles. The zero-order valence-corrected chi connectivity index (χ0v) is 16.1. The summed E-state index contributed by atoms with van der Waals surface area (Å²) in [4.78, 5) is 15.3. The SMILES string of the molecule is Cc1noc(C)c1-c1nccc([C@@H]2CCCN2Cc2c[nH]c3ccccc23)n1. The number of rotatable bonds is 4. The number of nitrogens with zero attached hydrogens (tertiary/aromatic N) is 4. The summed E-state index contributed by atoms with van der Waals surface area (Å²) < 4.78 is 5.30. The summed E-state index contributed by atoms with van der Waals surface area (Å²) in [6, 6.07) is 10.8. The van der Waals surface area contributed by atoms with Crippen LogP contribution in [0.5, 0.6) is 0 Å². The van der Waals surface area contributed by atoms with Crippen molar-refractivity contribution in [3.05, 3.63) is 65.4 Å². The Hall–Kier alpha value is -2.99. The molecule has 1 fully saturated rings. The normalized spacial score (nSPS) is 17.6. The fourth-order valence-corrected chi connectivity index (χ4v) is 4.31. The van der Waals surface area contributed by atoms with Gasteiger partial charge in [-0.1, -0.05) is 23.4 Å². The molecular formula is C22H23N5O. The molecule has 4 heterocycles. The van der Waals surface area contributed by atoms with Gasteiger partial charge < -0.3 is 9.51 Å². The second-order valence-corrected chi connectivity index (χ2v) is 7.49. The van der Waals surface area contributed by atoms with Gasteiger partial charge in [0.25, 0.3) is 0 Å².